The van der Waals surface area contributed by atoms with Crippen LogP contribution in [0.15, 0.2) is 41.3 Å². The van der Waals surface area contributed by atoms with Crippen LogP contribution in [-0.2, 0) is 0 Å². The Kier molecular flexibility index (Phi) is 3.61. The molecule has 1 N–H and O–H groups in total. The second-order valence-corrected chi connectivity index (χ2v) is 5.72. The van der Waals surface area contributed by atoms with E-state index in [4.69, 9.17) is 0 Å². The number of thioether (sulfide) groups is 1. The van der Waals surface area contributed by atoms with Crippen LogP contribution in [0.2, 0.25) is 0 Å². The van der Waals surface area contributed by atoms with Gasteiger partial charge in [-0.05, 0) is 30.2 Å². The number of benzene rings is 2. The molecule has 2 aromatic carbocycles. The molecule has 0 fully saturated rings. The van der Waals surface area contributed by atoms with Gasteiger partial charge in [-0.2, -0.15) is 0 Å². The molecule has 3 rings (SSSR count). The van der Waals surface area contributed by atoms with Gasteiger partial charge < -0.3 is 5.32 Å². The Morgan fingerprint density at radius 2 is 1.90 bits per heavy atom. The molecule has 0 saturated heterocycles. The van der Waals surface area contributed by atoms with Gasteiger partial charge in [0.05, 0.1) is 11.7 Å². The van der Waals surface area contributed by atoms with Gasteiger partial charge in [0.25, 0.3) is 0 Å². The van der Waals surface area contributed by atoms with E-state index in [2.05, 4.69) is 5.32 Å². The predicted octanol–water partition coefficient (Wildman–Crippen LogP) is 4.75. The first-order valence-electron chi connectivity index (χ1n) is 6.28. The van der Waals surface area contributed by atoms with Crippen LogP contribution >= 0.6 is 11.8 Å². The Hall–Kier alpha value is -1.62. The van der Waals surface area contributed by atoms with E-state index in [1.165, 1.54) is 30.0 Å². The number of nitrogens with one attached hydrogen (secondary N) is 1. The minimum absolute atomic E-state index is 0.165. The maximum absolute atomic E-state index is 13.7. The standard InChI is InChI=1S/C15H12F3NS/c16-9-4-5-14(12(18)8-9)19-13-6-7-20-15-10(13)2-1-3-11(15)17/h1-5,8,13,19H,6-7H2. The topological polar surface area (TPSA) is 12.0 Å². The van der Waals surface area contributed by atoms with Gasteiger partial charge in [-0.3, -0.25) is 0 Å². The summed E-state index contributed by atoms with van der Waals surface area (Å²) in [5.41, 5.74) is 1.06. The van der Waals surface area contributed by atoms with Crippen molar-refractivity contribution in [2.45, 2.75) is 17.4 Å². The molecular weight excluding hydrogens is 283 g/mol. The summed E-state index contributed by atoms with van der Waals surface area (Å²) in [6, 6.07) is 8.15. The molecule has 0 aliphatic carbocycles. The summed E-state index contributed by atoms with van der Waals surface area (Å²) in [7, 11) is 0. The Bertz CT molecular complexity index is 645. The van der Waals surface area contributed by atoms with E-state index < -0.39 is 11.6 Å². The van der Waals surface area contributed by atoms with Gasteiger partial charge in [-0.15, -0.1) is 11.8 Å². The molecular formula is C15H12F3NS. The molecule has 104 valence electrons. The number of rotatable bonds is 2. The summed E-state index contributed by atoms with van der Waals surface area (Å²) in [6.45, 7) is 0. The third kappa shape index (κ3) is 2.50. The van der Waals surface area contributed by atoms with Crippen LogP contribution in [0.3, 0.4) is 0 Å². The van der Waals surface area contributed by atoms with E-state index in [-0.39, 0.29) is 17.5 Å². The molecule has 0 aromatic heterocycles. The lowest BCUT2D eigenvalue weighted by molar-refractivity contribution is 0.576. The van der Waals surface area contributed by atoms with Crippen molar-refractivity contribution < 1.29 is 13.2 Å². The quantitative estimate of drug-likeness (QED) is 0.858. The van der Waals surface area contributed by atoms with Crippen LogP contribution < -0.4 is 5.32 Å². The molecule has 20 heavy (non-hydrogen) atoms. The van der Waals surface area contributed by atoms with E-state index in [1.54, 1.807) is 6.07 Å². The van der Waals surface area contributed by atoms with Gasteiger partial charge in [0, 0.05) is 16.7 Å². The van der Waals surface area contributed by atoms with E-state index in [9.17, 15) is 13.2 Å². The molecule has 2 aromatic rings. The smallest absolute Gasteiger partial charge is 0.149 e. The van der Waals surface area contributed by atoms with Gasteiger partial charge in [-0.25, -0.2) is 13.2 Å². The summed E-state index contributed by atoms with van der Waals surface area (Å²) in [5, 5.41) is 3.04. The highest BCUT2D eigenvalue weighted by Gasteiger charge is 2.23. The van der Waals surface area contributed by atoms with Crippen LogP contribution in [-0.4, -0.2) is 5.75 Å². The molecule has 1 aliphatic heterocycles. The van der Waals surface area contributed by atoms with Gasteiger partial charge in [0.1, 0.15) is 17.5 Å². The molecule has 1 heterocycles. The van der Waals surface area contributed by atoms with Crippen molar-refractivity contribution >= 4 is 17.4 Å². The van der Waals surface area contributed by atoms with Crippen molar-refractivity contribution in [3.8, 4) is 0 Å². The van der Waals surface area contributed by atoms with E-state index in [0.717, 1.165) is 23.8 Å². The second kappa shape index (κ2) is 5.40. The molecule has 0 amide bonds. The lowest BCUT2D eigenvalue weighted by Crippen LogP contribution is -2.17. The monoisotopic (exact) mass is 295 g/mol. The Labute approximate surface area is 119 Å². The molecule has 1 aliphatic rings. The molecule has 5 heteroatoms. The van der Waals surface area contributed by atoms with Gasteiger partial charge in [-0.1, -0.05) is 12.1 Å². The first-order chi connectivity index (χ1) is 9.65. The van der Waals surface area contributed by atoms with Crippen molar-refractivity contribution in [1.29, 1.82) is 0 Å². The lowest BCUT2D eigenvalue weighted by Gasteiger charge is -2.27. The summed E-state index contributed by atoms with van der Waals surface area (Å²) < 4.78 is 40.3. The zero-order chi connectivity index (χ0) is 14.1. The highest BCUT2D eigenvalue weighted by atomic mass is 32.2. The first kappa shape index (κ1) is 13.4. The van der Waals surface area contributed by atoms with Crippen LogP contribution in [0.4, 0.5) is 18.9 Å². The van der Waals surface area contributed by atoms with Crippen molar-refractivity contribution in [3.05, 3.63) is 59.4 Å². The fourth-order valence-electron chi connectivity index (χ4n) is 2.33. The molecule has 1 unspecified atom stereocenters. The highest BCUT2D eigenvalue weighted by Crippen LogP contribution is 2.39. The molecule has 1 atom stereocenters. The average Bonchev–Trinajstić information content (AvgIpc) is 2.43. The molecule has 0 spiro atoms. The average molecular weight is 295 g/mol. The zero-order valence-electron chi connectivity index (χ0n) is 10.5. The SMILES string of the molecule is Fc1ccc(NC2CCSc3c(F)cccc32)c(F)c1. The Morgan fingerprint density at radius 3 is 2.70 bits per heavy atom. The van der Waals surface area contributed by atoms with E-state index in [1.807, 2.05) is 6.07 Å². The van der Waals surface area contributed by atoms with Crippen molar-refractivity contribution in [1.82, 2.24) is 0 Å². The number of hydrogen-bond acceptors (Lipinski definition) is 2. The molecule has 0 saturated carbocycles. The highest BCUT2D eigenvalue weighted by molar-refractivity contribution is 7.99. The van der Waals surface area contributed by atoms with Gasteiger partial charge >= 0.3 is 0 Å². The fourth-order valence-corrected chi connectivity index (χ4v) is 3.47. The second-order valence-electron chi connectivity index (χ2n) is 4.62. The molecule has 0 radical (unpaired) electrons. The normalized spacial score (nSPS) is 17.6. The van der Waals surface area contributed by atoms with Crippen molar-refractivity contribution in [2.75, 3.05) is 11.1 Å². The lowest BCUT2D eigenvalue weighted by atomic mass is 10.0. The van der Waals surface area contributed by atoms with Crippen LogP contribution in [0.1, 0.15) is 18.0 Å². The third-order valence-electron chi connectivity index (χ3n) is 3.29. The van der Waals surface area contributed by atoms with E-state index in [0.29, 0.717) is 4.90 Å². The molecule has 1 nitrogen and oxygen atoms in total. The zero-order valence-corrected chi connectivity index (χ0v) is 11.3. The summed E-state index contributed by atoms with van der Waals surface area (Å²) in [4.78, 5) is 0.610. The number of halogens is 3. The summed E-state index contributed by atoms with van der Waals surface area (Å²) in [5.74, 6) is -0.743. The third-order valence-corrected chi connectivity index (χ3v) is 4.45. The first-order valence-corrected chi connectivity index (χ1v) is 7.26. The van der Waals surface area contributed by atoms with Crippen LogP contribution in [0, 0.1) is 17.5 Å². The predicted molar refractivity (Wildman–Crippen MR) is 74.5 cm³/mol. The Morgan fingerprint density at radius 1 is 1.05 bits per heavy atom. The fraction of sp³-hybridized carbons (Fsp3) is 0.200. The van der Waals surface area contributed by atoms with Crippen molar-refractivity contribution in [2.24, 2.45) is 0 Å². The molecule has 0 bridgehead atoms. The minimum Gasteiger partial charge on any atom is -0.376 e. The maximum Gasteiger partial charge on any atom is 0.149 e. The Balaban J connectivity index is 1.91. The summed E-state index contributed by atoms with van der Waals surface area (Å²) >= 11 is 1.47. The number of anilines is 1. The summed E-state index contributed by atoms with van der Waals surface area (Å²) in [6.07, 6.45) is 0.762. The number of fused-ring (bicyclic) bond motifs is 1. The van der Waals surface area contributed by atoms with Gasteiger partial charge in [0.15, 0.2) is 0 Å². The van der Waals surface area contributed by atoms with Gasteiger partial charge in [0.2, 0.25) is 0 Å². The van der Waals surface area contributed by atoms with Crippen LogP contribution in [0.5, 0.6) is 0 Å². The van der Waals surface area contributed by atoms with Crippen LogP contribution in [0.25, 0.3) is 0 Å². The largest absolute Gasteiger partial charge is 0.376 e. The van der Waals surface area contributed by atoms with Crippen molar-refractivity contribution in [3.63, 3.8) is 0 Å². The minimum atomic E-state index is -0.638. The van der Waals surface area contributed by atoms with E-state index >= 15 is 0 Å². The maximum atomic E-state index is 13.7. The number of hydrogen-bond donors (Lipinski definition) is 1.